The highest BCUT2D eigenvalue weighted by Gasteiger charge is 2.49. The molecule has 0 N–H and O–H groups in total. The van der Waals surface area contributed by atoms with Gasteiger partial charge >= 0.3 is 0 Å². The summed E-state index contributed by atoms with van der Waals surface area (Å²) in [6.45, 7) is 48.1. The molecule has 486 valence electrons. The van der Waals surface area contributed by atoms with Gasteiger partial charge in [-0.05, 0) is 237 Å². The summed E-state index contributed by atoms with van der Waals surface area (Å²) in [5.41, 5.74) is 35.8. The smallest absolute Gasteiger partial charge is 0.252 e. The van der Waals surface area contributed by atoms with Gasteiger partial charge in [0.15, 0.2) is 0 Å². The molecule has 2 heterocycles. The van der Waals surface area contributed by atoms with Gasteiger partial charge in [0.1, 0.15) is 0 Å². The Morgan fingerprint density at radius 2 is 0.802 bits per heavy atom. The van der Waals surface area contributed by atoms with Gasteiger partial charge < -0.3 is 14.7 Å². The van der Waals surface area contributed by atoms with Crippen LogP contribution in [-0.2, 0) is 43.3 Å². The monoisotopic (exact) mass is 1260 g/mol. The second-order valence-corrected chi connectivity index (χ2v) is 35.6. The average molecular weight is 1260 g/mol. The predicted octanol–water partition coefficient (Wildman–Crippen LogP) is 23.8. The van der Waals surface area contributed by atoms with Crippen LogP contribution in [0.5, 0.6) is 0 Å². The molecule has 0 radical (unpaired) electrons. The molecule has 5 aliphatic rings. The van der Waals surface area contributed by atoms with E-state index in [1.807, 2.05) is 0 Å². The number of hydrogen-bond donors (Lipinski definition) is 0. The van der Waals surface area contributed by atoms with Crippen LogP contribution in [0.3, 0.4) is 0 Å². The van der Waals surface area contributed by atoms with E-state index in [0.717, 1.165) is 42.7 Å². The highest BCUT2D eigenvalue weighted by molar-refractivity contribution is 7.00. The van der Waals surface area contributed by atoms with Gasteiger partial charge in [-0.3, -0.25) is 0 Å². The van der Waals surface area contributed by atoms with Crippen molar-refractivity contribution in [2.75, 3.05) is 14.7 Å². The third-order valence-corrected chi connectivity index (χ3v) is 23.8. The first-order valence-electron chi connectivity index (χ1n) is 35.9. The zero-order valence-electron chi connectivity index (χ0n) is 61.2. The summed E-state index contributed by atoms with van der Waals surface area (Å²) in [4.78, 5) is 8.09. The minimum atomic E-state index is -0.145. The second-order valence-electron chi connectivity index (χ2n) is 35.6. The third-order valence-electron chi connectivity index (χ3n) is 23.8. The molecule has 2 aliphatic heterocycles. The lowest BCUT2D eigenvalue weighted by atomic mass is 9.33. The summed E-state index contributed by atoms with van der Waals surface area (Å²) >= 11 is 0. The molecular weight excluding hydrogens is 1160 g/mol. The number of fused-ring (bicyclic) bond motifs is 9. The van der Waals surface area contributed by atoms with E-state index >= 15 is 0 Å². The molecule has 0 atom stereocenters. The molecule has 3 aliphatic carbocycles. The summed E-state index contributed by atoms with van der Waals surface area (Å²) in [5, 5.41) is 0. The molecule has 0 aromatic heterocycles. The maximum atomic E-state index is 2.77. The fourth-order valence-electron chi connectivity index (χ4n) is 17.5. The normalized spacial score (nSPS) is 17.4. The van der Waals surface area contributed by atoms with E-state index in [9.17, 15) is 0 Å². The van der Waals surface area contributed by atoms with Crippen molar-refractivity contribution in [2.45, 2.75) is 207 Å². The maximum Gasteiger partial charge on any atom is 0.252 e. The molecular formula is C92H100BN3. The number of nitrogens with zero attached hydrogens (tertiary/aromatic N) is 3. The quantitative estimate of drug-likeness (QED) is 0.147. The lowest BCUT2D eigenvalue weighted by molar-refractivity contribution is 0.332. The van der Waals surface area contributed by atoms with E-state index < -0.39 is 0 Å². The van der Waals surface area contributed by atoms with Crippen molar-refractivity contribution in [1.82, 2.24) is 0 Å². The van der Waals surface area contributed by atoms with E-state index in [0.29, 0.717) is 0 Å². The van der Waals surface area contributed by atoms with E-state index in [-0.39, 0.29) is 50.0 Å². The second kappa shape index (κ2) is 21.6. The molecule has 10 aromatic carbocycles. The van der Waals surface area contributed by atoms with Gasteiger partial charge in [-0.15, -0.1) is 0 Å². The Morgan fingerprint density at radius 1 is 0.333 bits per heavy atom. The first kappa shape index (κ1) is 63.7. The largest absolute Gasteiger partial charge is 0.311 e. The fraction of sp³-hybridized carbons (Fsp3) is 0.348. The molecule has 3 nitrogen and oxygen atoms in total. The SMILES string of the molecule is Cc1cc2c(cc1N1c3cc(-c4cccc5c4-c4ccccc4C5(C)C)ccc3B3c4cc5c(cc4N(c4ccc(C(C)(C)C)cc4-c4ccccc4)c4cc(N(c6ccc(C(C)(C)C)cc6)c6ccc(C(C)(C)C)cc6)cc1c43)C(C)(C)CCC5(C)C)C(C)(C)CCC2(C)C. The van der Waals surface area contributed by atoms with Crippen molar-refractivity contribution in [1.29, 1.82) is 0 Å². The number of anilines is 9. The van der Waals surface area contributed by atoms with Gasteiger partial charge in [-0.25, -0.2) is 0 Å². The number of rotatable bonds is 7. The first-order valence-corrected chi connectivity index (χ1v) is 35.9. The Balaban J connectivity index is 1.12. The molecule has 0 spiro atoms. The maximum absolute atomic E-state index is 2.77. The van der Waals surface area contributed by atoms with Crippen molar-refractivity contribution >= 4 is 74.3 Å². The van der Waals surface area contributed by atoms with Crippen LogP contribution in [0.1, 0.15) is 213 Å². The predicted molar refractivity (Wildman–Crippen MR) is 415 cm³/mol. The Kier molecular flexibility index (Phi) is 14.3. The summed E-state index contributed by atoms with van der Waals surface area (Å²) in [6.07, 6.45) is 4.52. The fourth-order valence-corrected chi connectivity index (χ4v) is 17.5. The summed E-state index contributed by atoms with van der Waals surface area (Å²) in [7, 11) is 0. The molecule has 4 heteroatoms. The van der Waals surface area contributed by atoms with Crippen molar-refractivity contribution in [3.8, 4) is 33.4 Å². The average Bonchev–Trinajstić information content (AvgIpc) is 0.829. The van der Waals surface area contributed by atoms with Gasteiger partial charge in [-0.2, -0.15) is 0 Å². The van der Waals surface area contributed by atoms with Crippen molar-refractivity contribution in [3.63, 3.8) is 0 Å². The highest BCUT2D eigenvalue weighted by Crippen LogP contribution is 2.58. The van der Waals surface area contributed by atoms with Crippen molar-refractivity contribution in [2.24, 2.45) is 0 Å². The van der Waals surface area contributed by atoms with Crippen LogP contribution in [0.4, 0.5) is 51.2 Å². The standard InChI is InChI=1S/C92H100BN3/c1-57-49-71-73(90(15,16)47-45-88(71,11)12)55-78(57)96-79-50-59(66-30-26-32-70-83(66)67-29-24-25-31-69(67)92(70,19)20)33-43-75(79)93-76-54-72-74(91(17,18)48-46-89(72,13)14)56-80(76)95(77-44-38-62(87(8,9)10)51-68(77)58-27-22-21-23-28-58)81-52-65(53-82(96)84(81)93)94(63-39-34-60(35-40-63)85(2,3)4)64-41-36-61(37-42-64)86(5,6)7/h21-44,49-56H,45-48H2,1-20H3. The van der Waals surface area contributed by atoms with Crippen LogP contribution in [0.25, 0.3) is 33.4 Å². The van der Waals surface area contributed by atoms with Crippen molar-refractivity contribution < 1.29 is 0 Å². The van der Waals surface area contributed by atoms with E-state index in [2.05, 4.69) is 347 Å². The van der Waals surface area contributed by atoms with Crippen LogP contribution in [0.2, 0.25) is 0 Å². The lowest BCUT2D eigenvalue weighted by Gasteiger charge is -2.48. The Morgan fingerprint density at radius 3 is 1.36 bits per heavy atom. The molecule has 10 aromatic rings. The Bertz CT molecular complexity index is 4740. The lowest BCUT2D eigenvalue weighted by Crippen LogP contribution is -2.62. The molecule has 0 fully saturated rings. The highest BCUT2D eigenvalue weighted by atomic mass is 15.2. The molecule has 0 saturated heterocycles. The Labute approximate surface area is 576 Å². The third kappa shape index (κ3) is 10.1. The molecule has 0 bridgehead atoms. The Hall–Kier alpha value is -8.34. The van der Waals surface area contributed by atoms with Gasteiger partial charge in [0.25, 0.3) is 6.71 Å². The number of hydrogen-bond acceptors (Lipinski definition) is 3. The summed E-state index contributed by atoms with van der Waals surface area (Å²) < 4.78 is 0. The minimum Gasteiger partial charge on any atom is -0.311 e. The zero-order chi connectivity index (χ0) is 67.9. The van der Waals surface area contributed by atoms with Crippen molar-refractivity contribution in [3.05, 3.63) is 250 Å². The van der Waals surface area contributed by atoms with Gasteiger partial charge in [0, 0.05) is 50.8 Å². The summed E-state index contributed by atoms with van der Waals surface area (Å²) in [6, 6.07) is 77.5. The molecule has 0 unspecified atom stereocenters. The van der Waals surface area contributed by atoms with E-state index in [1.165, 1.54) is 140 Å². The van der Waals surface area contributed by atoms with E-state index in [1.54, 1.807) is 0 Å². The number of benzene rings is 10. The topological polar surface area (TPSA) is 9.72 Å². The van der Waals surface area contributed by atoms with Crippen LogP contribution in [0.15, 0.2) is 194 Å². The van der Waals surface area contributed by atoms with Gasteiger partial charge in [0.2, 0.25) is 0 Å². The van der Waals surface area contributed by atoms with Crippen LogP contribution in [0, 0.1) is 6.92 Å². The van der Waals surface area contributed by atoms with Crippen LogP contribution < -0.4 is 31.1 Å². The van der Waals surface area contributed by atoms with Crippen LogP contribution >= 0.6 is 0 Å². The minimum absolute atomic E-state index is 0.0265. The molecule has 0 amide bonds. The van der Waals surface area contributed by atoms with Gasteiger partial charge in [0.05, 0.1) is 11.4 Å². The number of aryl methyl sites for hydroxylation is 1. The first-order chi connectivity index (χ1) is 45.1. The zero-order valence-corrected chi connectivity index (χ0v) is 61.2. The molecule has 96 heavy (non-hydrogen) atoms. The molecule has 15 rings (SSSR count). The van der Waals surface area contributed by atoms with Crippen LogP contribution in [-0.4, -0.2) is 6.71 Å². The van der Waals surface area contributed by atoms with E-state index in [4.69, 9.17) is 0 Å². The summed E-state index contributed by atoms with van der Waals surface area (Å²) in [5.74, 6) is 0. The van der Waals surface area contributed by atoms with Gasteiger partial charge in [-0.1, -0.05) is 259 Å². The molecule has 0 saturated carbocycles.